The van der Waals surface area contributed by atoms with Gasteiger partial charge in [-0.3, -0.25) is 10.1 Å². The topological polar surface area (TPSA) is 65.3 Å². The first-order chi connectivity index (χ1) is 8.99. The van der Waals surface area contributed by atoms with Crippen molar-refractivity contribution in [3.8, 4) is 11.6 Å². The third-order valence-electron chi connectivity index (χ3n) is 2.13. The minimum Gasteiger partial charge on any atom is -0.430 e. The normalized spacial score (nSPS) is 10.3. The van der Waals surface area contributed by atoms with Crippen LogP contribution in [0.15, 0.2) is 30.3 Å². The second-order valence-electron chi connectivity index (χ2n) is 3.37. The largest absolute Gasteiger partial charge is 0.430 e. The molecule has 0 N–H and O–H groups in total. The number of benzene rings is 1. The van der Waals surface area contributed by atoms with Crippen molar-refractivity contribution in [2.24, 2.45) is 0 Å². The molecule has 0 saturated heterocycles. The van der Waals surface area contributed by atoms with E-state index < -0.39 is 33.9 Å². The van der Waals surface area contributed by atoms with E-state index in [4.69, 9.17) is 16.3 Å². The van der Waals surface area contributed by atoms with Gasteiger partial charge in [-0.25, -0.2) is 4.39 Å². The molecule has 0 aliphatic heterocycles. The van der Waals surface area contributed by atoms with Gasteiger partial charge in [0.15, 0.2) is 11.6 Å². The Morgan fingerprint density at radius 2 is 2.00 bits per heavy atom. The number of hydrogen-bond acceptors (Lipinski definition) is 4. The van der Waals surface area contributed by atoms with Gasteiger partial charge in [-0.15, -0.1) is 0 Å². The summed E-state index contributed by atoms with van der Waals surface area (Å²) in [6.45, 7) is 0. The molecule has 19 heavy (non-hydrogen) atoms. The van der Waals surface area contributed by atoms with Gasteiger partial charge < -0.3 is 4.74 Å². The first kappa shape index (κ1) is 13.2. The zero-order valence-electron chi connectivity index (χ0n) is 9.14. The summed E-state index contributed by atoms with van der Waals surface area (Å²) in [6, 6.07) is 5.45. The van der Waals surface area contributed by atoms with E-state index in [-0.39, 0.29) is 5.15 Å². The number of nitro groups is 1. The number of ether oxygens (including phenoxy) is 1. The number of hydrogen-bond donors (Lipinski definition) is 0. The Balaban J connectivity index is 2.45. The molecule has 0 aliphatic carbocycles. The Morgan fingerprint density at radius 3 is 2.68 bits per heavy atom. The highest BCUT2D eigenvalue weighted by molar-refractivity contribution is 6.29. The van der Waals surface area contributed by atoms with Crippen molar-refractivity contribution in [2.45, 2.75) is 0 Å². The molecule has 0 unspecified atom stereocenters. The summed E-state index contributed by atoms with van der Waals surface area (Å²) in [4.78, 5) is 13.6. The maximum atomic E-state index is 13.4. The molecule has 98 valence electrons. The van der Waals surface area contributed by atoms with Crippen LogP contribution in [-0.4, -0.2) is 9.91 Å². The summed E-state index contributed by atoms with van der Waals surface area (Å²) in [7, 11) is 0. The van der Waals surface area contributed by atoms with Gasteiger partial charge in [0, 0.05) is 6.07 Å². The molecular weight excluding hydrogens is 282 g/mol. The van der Waals surface area contributed by atoms with Gasteiger partial charge in [0.2, 0.25) is 5.82 Å². The second kappa shape index (κ2) is 5.15. The monoisotopic (exact) mass is 286 g/mol. The fourth-order valence-corrected chi connectivity index (χ4v) is 1.43. The van der Waals surface area contributed by atoms with Crippen LogP contribution in [0.5, 0.6) is 11.6 Å². The zero-order chi connectivity index (χ0) is 14.0. The lowest BCUT2D eigenvalue weighted by atomic mass is 10.3. The molecule has 0 radical (unpaired) electrons. The van der Waals surface area contributed by atoms with E-state index >= 15 is 0 Å². The van der Waals surface area contributed by atoms with Crippen LogP contribution in [0, 0.1) is 21.7 Å². The van der Waals surface area contributed by atoms with E-state index in [1.807, 2.05) is 0 Å². The van der Waals surface area contributed by atoms with E-state index in [0.717, 1.165) is 18.2 Å². The van der Waals surface area contributed by atoms with Crippen molar-refractivity contribution in [3.63, 3.8) is 0 Å². The van der Waals surface area contributed by atoms with Crippen LogP contribution in [-0.2, 0) is 0 Å². The SMILES string of the molecule is O=[N+]([O-])c1ccc(Cl)nc1Oc1cccc(F)c1F. The van der Waals surface area contributed by atoms with Crippen molar-refractivity contribution in [3.05, 3.63) is 57.2 Å². The lowest BCUT2D eigenvalue weighted by Crippen LogP contribution is -1.98. The maximum absolute atomic E-state index is 13.4. The Bertz CT molecular complexity index is 652. The van der Waals surface area contributed by atoms with Gasteiger partial charge in [0.25, 0.3) is 0 Å². The molecule has 2 aromatic rings. The van der Waals surface area contributed by atoms with E-state index in [1.165, 1.54) is 12.1 Å². The molecule has 1 aromatic heterocycles. The predicted octanol–water partition coefficient (Wildman–Crippen LogP) is 3.71. The van der Waals surface area contributed by atoms with Crippen molar-refractivity contribution in [2.75, 3.05) is 0 Å². The molecule has 1 aromatic carbocycles. The molecule has 8 heteroatoms. The molecule has 5 nitrogen and oxygen atoms in total. The fourth-order valence-electron chi connectivity index (χ4n) is 1.29. The molecule has 0 fully saturated rings. The molecule has 1 heterocycles. The molecule has 0 saturated carbocycles. The predicted molar refractivity (Wildman–Crippen MR) is 62.3 cm³/mol. The Morgan fingerprint density at radius 1 is 1.26 bits per heavy atom. The third kappa shape index (κ3) is 2.76. The van der Waals surface area contributed by atoms with E-state index in [0.29, 0.717) is 0 Å². The van der Waals surface area contributed by atoms with Gasteiger partial charge in [-0.05, 0) is 18.2 Å². The van der Waals surface area contributed by atoms with Crippen molar-refractivity contribution >= 4 is 17.3 Å². The summed E-state index contributed by atoms with van der Waals surface area (Å²) in [5, 5.41) is 10.7. The van der Waals surface area contributed by atoms with Crippen LogP contribution in [0.2, 0.25) is 5.15 Å². The number of nitrogens with zero attached hydrogens (tertiary/aromatic N) is 2. The molecule has 0 bridgehead atoms. The van der Waals surface area contributed by atoms with Crippen LogP contribution in [0.1, 0.15) is 0 Å². The van der Waals surface area contributed by atoms with Crippen molar-refractivity contribution < 1.29 is 18.4 Å². The summed E-state index contributed by atoms with van der Waals surface area (Å²) < 4.78 is 31.3. The van der Waals surface area contributed by atoms with Crippen LogP contribution in [0.4, 0.5) is 14.5 Å². The van der Waals surface area contributed by atoms with E-state index in [9.17, 15) is 18.9 Å². The lowest BCUT2D eigenvalue weighted by Gasteiger charge is -2.06. The first-order valence-corrected chi connectivity index (χ1v) is 5.29. The Hall–Kier alpha value is -2.28. The summed E-state index contributed by atoms with van der Waals surface area (Å²) in [5.41, 5.74) is -0.506. The molecule has 0 atom stereocenters. The quantitative estimate of drug-likeness (QED) is 0.490. The molecule has 2 rings (SSSR count). The highest BCUT2D eigenvalue weighted by Crippen LogP contribution is 2.32. The molecule has 0 spiro atoms. The maximum Gasteiger partial charge on any atom is 0.331 e. The van der Waals surface area contributed by atoms with Gasteiger partial charge in [-0.2, -0.15) is 9.37 Å². The third-order valence-corrected chi connectivity index (χ3v) is 2.34. The minimum absolute atomic E-state index is 0.0718. The first-order valence-electron chi connectivity index (χ1n) is 4.92. The van der Waals surface area contributed by atoms with Gasteiger partial charge in [0.1, 0.15) is 5.15 Å². The Kier molecular flexibility index (Phi) is 3.57. The fraction of sp³-hybridized carbons (Fsp3) is 0. The minimum atomic E-state index is -1.27. The number of pyridine rings is 1. The molecule has 0 aliphatic rings. The van der Waals surface area contributed by atoms with Gasteiger partial charge >= 0.3 is 11.6 Å². The average molecular weight is 287 g/mol. The standard InChI is InChI=1S/C11H5ClF2N2O3/c12-9-5-4-7(16(17)18)11(15-9)19-8-3-1-2-6(13)10(8)14/h1-5H. The van der Waals surface area contributed by atoms with Crippen LogP contribution < -0.4 is 4.74 Å². The number of aromatic nitrogens is 1. The molecular formula is C11H5ClF2N2O3. The van der Waals surface area contributed by atoms with Crippen LogP contribution >= 0.6 is 11.6 Å². The van der Waals surface area contributed by atoms with Crippen molar-refractivity contribution in [1.29, 1.82) is 0 Å². The Labute approximate surface area is 110 Å². The number of halogens is 3. The molecule has 0 amide bonds. The van der Waals surface area contributed by atoms with E-state index in [1.54, 1.807) is 0 Å². The average Bonchev–Trinajstić information content (AvgIpc) is 2.35. The summed E-state index contributed by atoms with van der Waals surface area (Å²) in [5.74, 6) is -3.43. The number of rotatable bonds is 3. The van der Waals surface area contributed by atoms with Crippen molar-refractivity contribution in [1.82, 2.24) is 4.98 Å². The van der Waals surface area contributed by atoms with Gasteiger partial charge in [0.05, 0.1) is 4.92 Å². The van der Waals surface area contributed by atoms with Crippen LogP contribution in [0.25, 0.3) is 0 Å². The highest BCUT2D eigenvalue weighted by atomic mass is 35.5. The smallest absolute Gasteiger partial charge is 0.331 e. The highest BCUT2D eigenvalue weighted by Gasteiger charge is 2.20. The zero-order valence-corrected chi connectivity index (χ0v) is 9.90. The summed E-state index contributed by atoms with van der Waals surface area (Å²) in [6.07, 6.45) is 0. The van der Waals surface area contributed by atoms with Gasteiger partial charge in [-0.1, -0.05) is 17.7 Å². The van der Waals surface area contributed by atoms with Crippen LogP contribution in [0.3, 0.4) is 0 Å². The summed E-state index contributed by atoms with van der Waals surface area (Å²) >= 11 is 5.58. The van der Waals surface area contributed by atoms with E-state index in [2.05, 4.69) is 4.98 Å². The second-order valence-corrected chi connectivity index (χ2v) is 3.76. The lowest BCUT2D eigenvalue weighted by molar-refractivity contribution is -0.386.